The SMILES string of the molecule is O=C(NCc1ccnc(N2CCCC2)c1)C1CC(c2ccc(Cl)cc2)NN1. The van der Waals surface area contributed by atoms with Crippen molar-refractivity contribution in [3.05, 3.63) is 58.7 Å². The molecule has 2 aliphatic rings. The maximum Gasteiger partial charge on any atom is 0.238 e. The number of anilines is 1. The molecule has 2 fully saturated rings. The number of hydrogen-bond acceptors (Lipinski definition) is 5. The highest BCUT2D eigenvalue weighted by Gasteiger charge is 2.29. The Labute approximate surface area is 164 Å². The molecule has 0 aliphatic carbocycles. The molecule has 2 atom stereocenters. The lowest BCUT2D eigenvalue weighted by atomic mass is 10.0. The molecule has 1 aromatic heterocycles. The van der Waals surface area contributed by atoms with E-state index in [1.54, 1.807) is 0 Å². The Morgan fingerprint density at radius 2 is 1.96 bits per heavy atom. The molecule has 2 unspecified atom stereocenters. The van der Waals surface area contributed by atoms with Gasteiger partial charge in [-0.1, -0.05) is 23.7 Å². The van der Waals surface area contributed by atoms with Crippen LogP contribution in [0.2, 0.25) is 5.02 Å². The molecule has 1 aromatic carbocycles. The van der Waals surface area contributed by atoms with E-state index in [9.17, 15) is 4.79 Å². The zero-order chi connectivity index (χ0) is 18.6. The van der Waals surface area contributed by atoms with E-state index in [0.29, 0.717) is 18.0 Å². The van der Waals surface area contributed by atoms with Crippen molar-refractivity contribution in [3.8, 4) is 0 Å². The van der Waals surface area contributed by atoms with Gasteiger partial charge in [0.15, 0.2) is 0 Å². The Balaban J connectivity index is 1.31. The normalized spacial score (nSPS) is 22.2. The van der Waals surface area contributed by atoms with E-state index in [0.717, 1.165) is 30.0 Å². The Morgan fingerprint density at radius 1 is 1.19 bits per heavy atom. The molecule has 2 aromatic rings. The molecule has 1 amide bonds. The molecule has 142 valence electrons. The summed E-state index contributed by atoms with van der Waals surface area (Å²) >= 11 is 5.94. The van der Waals surface area contributed by atoms with Crippen molar-refractivity contribution in [2.75, 3.05) is 18.0 Å². The number of benzene rings is 1. The first kappa shape index (κ1) is 18.2. The maximum absolute atomic E-state index is 12.5. The summed E-state index contributed by atoms with van der Waals surface area (Å²) in [6.45, 7) is 2.63. The van der Waals surface area contributed by atoms with Gasteiger partial charge in [0.05, 0.1) is 0 Å². The van der Waals surface area contributed by atoms with Crippen LogP contribution in [0, 0.1) is 0 Å². The number of nitrogens with zero attached hydrogens (tertiary/aromatic N) is 2. The molecule has 2 saturated heterocycles. The number of rotatable bonds is 5. The summed E-state index contributed by atoms with van der Waals surface area (Å²) < 4.78 is 0. The molecule has 27 heavy (non-hydrogen) atoms. The Bertz CT molecular complexity index is 791. The topological polar surface area (TPSA) is 69.3 Å². The van der Waals surface area contributed by atoms with E-state index in [1.807, 2.05) is 36.5 Å². The number of hydrogen-bond donors (Lipinski definition) is 3. The minimum atomic E-state index is -0.259. The standard InChI is InChI=1S/C20H24ClN5O/c21-16-5-3-15(4-6-16)17-12-18(25-24-17)20(27)23-13-14-7-8-22-19(11-14)26-9-1-2-10-26/h3-8,11,17-18,24-25H,1-2,9-10,12-13H2,(H,23,27). The number of aromatic nitrogens is 1. The molecule has 6 nitrogen and oxygen atoms in total. The summed E-state index contributed by atoms with van der Waals surface area (Å²) in [4.78, 5) is 19.3. The van der Waals surface area contributed by atoms with Crippen LogP contribution in [0.5, 0.6) is 0 Å². The van der Waals surface area contributed by atoms with Crippen molar-refractivity contribution >= 4 is 23.3 Å². The highest BCUT2D eigenvalue weighted by atomic mass is 35.5. The second-order valence-electron chi connectivity index (χ2n) is 7.12. The first-order valence-corrected chi connectivity index (χ1v) is 9.81. The summed E-state index contributed by atoms with van der Waals surface area (Å²) in [5.74, 6) is 1.00. The van der Waals surface area contributed by atoms with Gasteiger partial charge in [0, 0.05) is 36.9 Å². The number of pyridine rings is 1. The number of hydrazine groups is 1. The van der Waals surface area contributed by atoms with Crippen LogP contribution < -0.4 is 21.1 Å². The monoisotopic (exact) mass is 385 g/mol. The number of carbonyl (C=O) groups excluding carboxylic acids is 1. The molecular weight excluding hydrogens is 362 g/mol. The largest absolute Gasteiger partial charge is 0.357 e. The van der Waals surface area contributed by atoms with E-state index in [-0.39, 0.29) is 18.0 Å². The number of halogens is 1. The maximum atomic E-state index is 12.5. The van der Waals surface area contributed by atoms with E-state index >= 15 is 0 Å². The van der Waals surface area contributed by atoms with Crippen molar-refractivity contribution in [3.63, 3.8) is 0 Å². The number of amides is 1. The van der Waals surface area contributed by atoms with E-state index in [1.165, 1.54) is 12.8 Å². The fourth-order valence-electron chi connectivity index (χ4n) is 3.64. The van der Waals surface area contributed by atoms with Gasteiger partial charge in [-0.25, -0.2) is 15.8 Å². The molecule has 7 heteroatoms. The average Bonchev–Trinajstić information content (AvgIpc) is 3.39. The summed E-state index contributed by atoms with van der Waals surface area (Å²) in [7, 11) is 0. The summed E-state index contributed by atoms with van der Waals surface area (Å²) in [5.41, 5.74) is 8.48. The van der Waals surface area contributed by atoms with Crippen LogP contribution in [0.25, 0.3) is 0 Å². The highest BCUT2D eigenvalue weighted by Crippen LogP contribution is 2.24. The predicted octanol–water partition coefficient (Wildman–Crippen LogP) is 2.56. The van der Waals surface area contributed by atoms with E-state index < -0.39 is 0 Å². The summed E-state index contributed by atoms with van der Waals surface area (Å²) in [5, 5.41) is 3.74. The van der Waals surface area contributed by atoms with Gasteiger partial charge in [0.25, 0.3) is 0 Å². The van der Waals surface area contributed by atoms with Crippen LogP contribution in [-0.4, -0.2) is 30.0 Å². The zero-order valence-electron chi connectivity index (χ0n) is 15.1. The van der Waals surface area contributed by atoms with E-state index in [2.05, 4.69) is 32.1 Å². The van der Waals surface area contributed by atoms with Gasteiger partial charge < -0.3 is 10.2 Å². The van der Waals surface area contributed by atoms with Gasteiger partial charge >= 0.3 is 0 Å². The van der Waals surface area contributed by atoms with Crippen LogP contribution in [0.3, 0.4) is 0 Å². The minimum Gasteiger partial charge on any atom is -0.357 e. The van der Waals surface area contributed by atoms with Crippen molar-refractivity contribution in [1.29, 1.82) is 0 Å². The highest BCUT2D eigenvalue weighted by molar-refractivity contribution is 6.30. The lowest BCUT2D eigenvalue weighted by molar-refractivity contribution is -0.123. The molecule has 3 heterocycles. The quantitative estimate of drug-likeness (QED) is 0.738. The van der Waals surface area contributed by atoms with Crippen LogP contribution in [0.4, 0.5) is 5.82 Å². The third kappa shape index (κ3) is 4.40. The molecule has 4 rings (SSSR count). The van der Waals surface area contributed by atoms with Crippen molar-refractivity contribution in [2.45, 2.75) is 37.9 Å². The summed E-state index contributed by atoms with van der Waals surface area (Å²) in [6, 6.07) is 11.6. The van der Waals surface area contributed by atoms with Gasteiger partial charge in [0.2, 0.25) is 5.91 Å². The van der Waals surface area contributed by atoms with Crippen molar-refractivity contribution in [2.24, 2.45) is 0 Å². The van der Waals surface area contributed by atoms with Crippen LogP contribution >= 0.6 is 11.6 Å². The van der Waals surface area contributed by atoms with Crippen molar-refractivity contribution < 1.29 is 4.79 Å². The Kier molecular flexibility index (Phi) is 5.57. The lowest BCUT2D eigenvalue weighted by Gasteiger charge is -2.17. The van der Waals surface area contributed by atoms with Gasteiger partial charge in [-0.15, -0.1) is 0 Å². The molecule has 0 radical (unpaired) electrons. The fraction of sp³-hybridized carbons (Fsp3) is 0.400. The van der Waals surface area contributed by atoms with Crippen LogP contribution in [-0.2, 0) is 11.3 Å². The molecule has 3 N–H and O–H groups in total. The Hall–Kier alpha value is -2.15. The smallest absolute Gasteiger partial charge is 0.238 e. The molecular formula is C20H24ClN5O. The lowest BCUT2D eigenvalue weighted by Crippen LogP contribution is -2.42. The Morgan fingerprint density at radius 3 is 2.74 bits per heavy atom. The third-order valence-electron chi connectivity index (χ3n) is 5.20. The second-order valence-corrected chi connectivity index (χ2v) is 7.55. The first-order chi connectivity index (χ1) is 13.2. The average molecular weight is 386 g/mol. The van der Waals surface area contributed by atoms with Gasteiger partial charge in [-0.2, -0.15) is 0 Å². The molecule has 0 spiro atoms. The fourth-order valence-corrected chi connectivity index (χ4v) is 3.77. The first-order valence-electron chi connectivity index (χ1n) is 9.43. The van der Waals surface area contributed by atoms with Gasteiger partial charge in [0.1, 0.15) is 11.9 Å². The summed E-state index contributed by atoms with van der Waals surface area (Å²) in [6.07, 6.45) is 4.96. The molecule has 0 saturated carbocycles. The number of nitrogens with one attached hydrogen (secondary N) is 3. The number of carbonyl (C=O) groups is 1. The van der Waals surface area contributed by atoms with E-state index in [4.69, 9.17) is 11.6 Å². The van der Waals surface area contributed by atoms with Crippen LogP contribution in [0.15, 0.2) is 42.6 Å². The van der Waals surface area contributed by atoms with Crippen LogP contribution in [0.1, 0.15) is 36.4 Å². The molecule has 0 bridgehead atoms. The van der Waals surface area contributed by atoms with Gasteiger partial charge in [-0.05, 0) is 54.7 Å². The predicted molar refractivity (Wildman–Crippen MR) is 106 cm³/mol. The third-order valence-corrected chi connectivity index (χ3v) is 5.45. The van der Waals surface area contributed by atoms with Crippen molar-refractivity contribution in [1.82, 2.24) is 21.2 Å². The van der Waals surface area contributed by atoms with Gasteiger partial charge in [-0.3, -0.25) is 4.79 Å². The minimum absolute atomic E-state index is 0.00139. The second kappa shape index (κ2) is 8.25. The molecule has 2 aliphatic heterocycles. The zero-order valence-corrected chi connectivity index (χ0v) is 15.9.